The summed E-state index contributed by atoms with van der Waals surface area (Å²) in [4.78, 5) is 7.25. The first kappa shape index (κ1) is 12.4. The zero-order valence-electron chi connectivity index (χ0n) is 9.00. The smallest absolute Gasteiger partial charge is 0.139 e. The van der Waals surface area contributed by atoms with Crippen LogP contribution in [0, 0.1) is 0 Å². The van der Waals surface area contributed by atoms with Crippen molar-refractivity contribution < 1.29 is 9.84 Å². The molecule has 2 rings (SSSR count). The summed E-state index contributed by atoms with van der Waals surface area (Å²) < 4.78 is 5.67. The number of imidazole rings is 1. The lowest BCUT2D eigenvalue weighted by Gasteiger charge is -2.03. The third kappa shape index (κ3) is 2.46. The molecule has 0 spiro atoms. The van der Waals surface area contributed by atoms with Crippen molar-refractivity contribution in [3.05, 3.63) is 33.5 Å². The predicted molar refractivity (Wildman–Crippen MR) is 69.2 cm³/mol. The molecule has 2 aromatic rings. The summed E-state index contributed by atoms with van der Waals surface area (Å²) in [5, 5.41) is 9.58. The fourth-order valence-corrected chi connectivity index (χ4v) is 2.10. The molecule has 1 heterocycles. The first-order chi connectivity index (χ1) is 8.15. The minimum Gasteiger partial charge on any atom is -0.495 e. The Morgan fingerprint density at radius 3 is 2.82 bits per heavy atom. The molecule has 1 aromatic heterocycles. The first-order valence-corrected chi connectivity index (χ1v) is 6.02. The summed E-state index contributed by atoms with van der Waals surface area (Å²) in [5.74, 6) is 1.26. The van der Waals surface area contributed by atoms with Crippen LogP contribution in [-0.2, 0) is 6.61 Å². The number of ether oxygens (including phenoxy) is 1. The van der Waals surface area contributed by atoms with Gasteiger partial charge in [-0.05, 0) is 34.1 Å². The Morgan fingerprint density at radius 2 is 2.29 bits per heavy atom. The van der Waals surface area contributed by atoms with Gasteiger partial charge < -0.3 is 14.8 Å². The highest BCUT2D eigenvalue weighted by Crippen LogP contribution is 2.30. The van der Waals surface area contributed by atoms with E-state index in [1.807, 2.05) is 6.07 Å². The van der Waals surface area contributed by atoms with Crippen molar-refractivity contribution in [3.8, 4) is 17.1 Å². The molecule has 0 aliphatic heterocycles. The Kier molecular flexibility index (Phi) is 3.71. The molecule has 0 radical (unpaired) electrons. The third-order valence-electron chi connectivity index (χ3n) is 2.31. The molecule has 0 saturated carbocycles. The summed E-state index contributed by atoms with van der Waals surface area (Å²) >= 11 is 9.29. The number of aromatic nitrogens is 2. The van der Waals surface area contributed by atoms with Gasteiger partial charge in [0.2, 0.25) is 0 Å². The van der Waals surface area contributed by atoms with Gasteiger partial charge in [-0.3, -0.25) is 0 Å². The van der Waals surface area contributed by atoms with Gasteiger partial charge in [0.25, 0.3) is 0 Å². The van der Waals surface area contributed by atoms with Gasteiger partial charge in [0.05, 0.1) is 24.4 Å². The van der Waals surface area contributed by atoms with Crippen LogP contribution in [0.3, 0.4) is 0 Å². The SMILES string of the molecule is COc1ccc(-c2nc(Br)c(CO)[nH]2)cc1Cl. The van der Waals surface area contributed by atoms with E-state index in [9.17, 15) is 0 Å². The number of benzene rings is 1. The summed E-state index contributed by atoms with van der Waals surface area (Å²) in [7, 11) is 1.56. The molecule has 4 nitrogen and oxygen atoms in total. The summed E-state index contributed by atoms with van der Waals surface area (Å²) in [5.41, 5.74) is 1.46. The molecule has 0 aliphatic carbocycles. The van der Waals surface area contributed by atoms with E-state index in [1.165, 1.54) is 0 Å². The lowest BCUT2D eigenvalue weighted by Crippen LogP contribution is -1.87. The lowest BCUT2D eigenvalue weighted by atomic mass is 10.2. The Balaban J connectivity index is 2.42. The molecule has 0 unspecified atom stereocenters. The zero-order valence-corrected chi connectivity index (χ0v) is 11.3. The van der Waals surface area contributed by atoms with Crippen molar-refractivity contribution in [2.75, 3.05) is 7.11 Å². The molecule has 6 heteroatoms. The van der Waals surface area contributed by atoms with E-state index in [4.69, 9.17) is 21.4 Å². The van der Waals surface area contributed by atoms with E-state index in [0.29, 0.717) is 26.9 Å². The number of rotatable bonds is 3. The molecule has 90 valence electrons. The number of H-pyrrole nitrogens is 1. The highest BCUT2D eigenvalue weighted by molar-refractivity contribution is 9.10. The van der Waals surface area contributed by atoms with Gasteiger partial charge in [-0.2, -0.15) is 0 Å². The third-order valence-corrected chi connectivity index (χ3v) is 3.26. The molecule has 1 aromatic carbocycles. The quantitative estimate of drug-likeness (QED) is 0.915. The van der Waals surface area contributed by atoms with E-state index in [-0.39, 0.29) is 6.61 Å². The Labute approximate surface area is 112 Å². The normalized spacial score (nSPS) is 10.6. The van der Waals surface area contributed by atoms with Gasteiger partial charge in [0, 0.05) is 5.56 Å². The average molecular weight is 318 g/mol. The molecule has 0 saturated heterocycles. The van der Waals surface area contributed by atoms with Crippen LogP contribution in [0.1, 0.15) is 5.69 Å². The number of aliphatic hydroxyl groups is 1. The van der Waals surface area contributed by atoms with Crippen LogP contribution >= 0.6 is 27.5 Å². The molecule has 0 atom stereocenters. The van der Waals surface area contributed by atoms with Crippen molar-refractivity contribution in [1.29, 1.82) is 0 Å². The average Bonchev–Trinajstić information content (AvgIpc) is 2.70. The van der Waals surface area contributed by atoms with E-state index >= 15 is 0 Å². The number of aromatic amines is 1. The number of aliphatic hydroxyl groups excluding tert-OH is 1. The number of hydrogen-bond acceptors (Lipinski definition) is 3. The Hall–Kier alpha value is -1.04. The molecular formula is C11H10BrClN2O2. The maximum absolute atomic E-state index is 9.07. The summed E-state index contributed by atoms with van der Waals surface area (Å²) in [6.07, 6.45) is 0. The van der Waals surface area contributed by atoms with Gasteiger partial charge >= 0.3 is 0 Å². The maximum atomic E-state index is 9.07. The van der Waals surface area contributed by atoms with Crippen molar-refractivity contribution in [3.63, 3.8) is 0 Å². The van der Waals surface area contributed by atoms with Crippen LogP contribution in [0.4, 0.5) is 0 Å². The lowest BCUT2D eigenvalue weighted by molar-refractivity contribution is 0.276. The number of methoxy groups -OCH3 is 1. The molecule has 17 heavy (non-hydrogen) atoms. The highest BCUT2D eigenvalue weighted by Gasteiger charge is 2.10. The largest absolute Gasteiger partial charge is 0.495 e. The Morgan fingerprint density at radius 1 is 1.53 bits per heavy atom. The molecule has 0 aliphatic rings. The van der Waals surface area contributed by atoms with Crippen LogP contribution in [-0.4, -0.2) is 22.2 Å². The van der Waals surface area contributed by atoms with Crippen LogP contribution in [0.5, 0.6) is 5.75 Å². The standard InChI is InChI=1S/C11H10BrClN2O2/c1-17-9-3-2-6(4-7(9)13)11-14-8(5-16)10(12)15-11/h2-4,16H,5H2,1H3,(H,14,15). The van der Waals surface area contributed by atoms with Gasteiger partial charge in [-0.25, -0.2) is 4.98 Å². The van der Waals surface area contributed by atoms with E-state index in [0.717, 1.165) is 5.56 Å². The first-order valence-electron chi connectivity index (χ1n) is 4.85. The summed E-state index contributed by atoms with van der Waals surface area (Å²) in [6.45, 7) is -0.0997. The van der Waals surface area contributed by atoms with Gasteiger partial charge in [-0.1, -0.05) is 11.6 Å². The van der Waals surface area contributed by atoms with Crippen molar-refractivity contribution in [2.45, 2.75) is 6.61 Å². The van der Waals surface area contributed by atoms with Gasteiger partial charge in [-0.15, -0.1) is 0 Å². The predicted octanol–water partition coefficient (Wildman–Crippen LogP) is 2.99. The number of nitrogens with one attached hydrogen (secondary N) is 1. The minimum atomic E-state index is -0.0997. The van der Waals surface area contributed by atoms with Gasteiger partial charge in [0.15, 0.2) is 0 Å². The van der Waals surface area contributed by atoms with E-state index < -0.39 is 0 Å². The second-order valence-electron chi connectivity index (χ2n) is 3.36. The van der Waals surface area contributed by atoms with Crippen molar-refractivity contribution >= 4 is 27.5 Å². The molecule has 2 N–H and O–H groups in total. The van der Waals surface area contributed by atoms with Gasteiger partial charge in [0.1, 0.15) is 16.2 Å². The van der Waals surface area contributed by atoms with Crippen LogP contribution in [0.25, 0.3) is 11.4 Å². The molecular weight excluding hydrogens is 307 g/mol. The Bertz CT molecular complexity index is 542. The molecule has 0 fully saturated rings. The topological polar surface area (TPSA) is 58.1 Å². The molecule has 0 bridgehead atoms. The van der Waals surface area contributed by atoms with Crippen molar-refractivity contribution in [2.24, 2.45) is 0 Å². The number of hydrogen-bond donors (Lipinski definition) is 2. The van der Waals surface area contributed by atoms with Crippen LogP contribution in [0.15, 0.2) is 22.8 Å². The number of halogens is 2. The zero-order chi connectivity index (χ0) is 12.4. The van der Waals surface area contributed by atoms with E-state index in [2.05, 4.69) is 25.9 Å². The van der Waals surface area contributed by atoms with Crippen LogP contribution in [0.2, 0.25) is 5.02 Å². The fourth-order valence-electron chi connectivity index (χ4n) is 1.44. The number of nitrogens with zero attached hydrogens (tertiary/aromatic N) is 1. The highest BCUT2D eigenvalue weighted by atomic mass is 79.9. The maximum Gasteiger partial charge on any atom is 0.139 e. The van der Waals surface area contributed by atoms with Crippen LogP contribution < -0.4 is 4.74 Å². The minimum absolute atomic E-state index is 0.0997. The second-order valence-corrected chi connectivity index (χ2v) is 4.52. The molecule has 0 amide bonds. The fraction of sp³-hybridized carbons (Fsp3) is 0.182. The second kappa shape index (κ2) is 5.08. The monoisotopic (exact) mass is 316 g/mol. The summed E-state index contributed by atoms with van der Waals surface area (Å²) in [6, 6.07) is 5.37. The van der Waals surface area contributed by atoms with Crippen molar-refractivity contribution in [1.82, 2.24) is 9.97 Å². The van der Waals surface area contributed by atoms with E-state index in [1.54, 1.807) is 19.2 Å².